The van der Waals surface area contributed by atoms with Crippen molar-refractivity contribution in [2.75, 3.05) is 17.2 Å². The molecule has 0 fully saturated rings. The molecule has 9 heteroatoms. The fraction of sp³-hybridized carbons (Fsp3) is 0.231. The van der Waals surface area contributed by atoms with Crippen LogP contribution in [-0.2, 0) is 33.6 Å². The van der Waals surface area contributed by atoms with Gasteiger partial charge in [-0.05, 0) is 48.9 Å². The third-order valence-corrected chi connectivity index (χ3v) is 6.84. The molecule has 2 aromatic carbocycles. The van der Waals surface area contributed by atoms with E-state index in [0.29, 0.717) is 16.3 Å². The maximum absolute atomic E-state index is 12.7. The lowest BCUT2D eigenvalue weighted by molar-refractivity contribution is -0.119. The van der Waals surface area contributed by atoms with Crippen molar-refractivity contribution in [3.8, 4) is 0 Å². The first-order chi connectivity index (χ1) is 16.9. The van der Waals surface area contributed by atoms with Crippen LogP contribution in [-0.4, -0.2) is 30.3 Å². The van der Waals surface area contributed by atoms with Crippen LogP contribution in [0, 0.1) is 0 Å². The molecule has 8 nitrogen and oxygen atoms in total. The van der Waals surface area contributed by atoms with Gasteiger partial charge in [-0.15, -0.1) is 11.3 Å². The van der Waals surface area contributed by atoms with E-state index in [1.54, 1.807) is 18.2 Å². The van der Waals surface area contributed by atoms with Gasteiger partial charge in [0.25, 0.3) is 11.8 Å². The smallest absolute Gasteiger partial charge is 0.340 e. The number of ether oxygens (including phenoxy) is 1. The second-order valence-corrected chi connectivity index (χ2v) is 9.26. The summed E-state index contributed by atoms with van der Waals surface area (Å²) in [5, 5.41) is 5.77. The predicted molar refractivity (Wildman–Crippen MR) is 134 cm³/mol. The monoisotopic (exact) mass is 491 g/mol. The highest BCUT2D eigenvalue weighted by atomic mass is 32.1. The lowest BCUT2D eigenvalue weighted by Gasteiger charge is -2.12. The molecule has 0 unspecified atom stereocenters. The topological polar surface area (TPSA) is 128 Å². The van der Waals surface area contributed by atoms with Crippen LogP contribution in [0.3, 0.4) is 0 Å². The summed E-state index contributed by atoms with van der Waals surface area (Å²) in [6.45, 7) is -0.550. The van der Waals surface area contributed by atoms with Crippen LogP contribution in [0.15, 0.2) is 54.6 Å². The Morgan fingerprint density at radius 2 is 1.60 bits per heavy atom. The molecular weight excluding hydrogens is 466 g/mol. The first-order valence-corrected chi connectivity index (χ1v) is 12.1. The van der Waals surface area contributed by atoms with Crippen molar-refractivity contribution in [3.05, 3.63) is 81.7 Å². The predicted octanol–water partition coefficient (Wildman–Crippen LogP) is 3.70. The highest BCUT2D eigenvalue weighted by Gasteiger charge is 2.25. The Bertz CT molecular complexity index is 1270. The average molecular weight is 492 g/mol. The molecule has 35 heavy (non-hydrogen) atoms. The van der Waals surface area contributed by atoms with Gasteiger partial charge in [0.05, 0.1) is 23.2 Å². The highest BCUT2D eigenvalue weighted by molar-refractivity contribution is 7.17. The number of hydrogen-bond donors (Lipinski definition) is 3. The zero-order valence-corrected chi connectivity index (χ0v) is 19.8. The maximum atomic E-state index is 12.7. The van der Waals surface area contributed by atoms with Gasteiger partial charge in [-0.25, -0.2) is 4.79 Å². The fourth-order valence-electron chi connectivity index (χ4n) is 4.03. The molecule has 1 heterocycles. The summed E-state index contributed by atoms with van der Waals surface area (Å²) in [5.41, 5.74) is 8.07. The van der Waals surface area contributed by atoms with Crippen molar-refractivity contribution < 1.29 is 23.9 Å². The van der Waals surface area contributed by atoms with Gasteiger partial charge in [0.15, 0.2) is 6.61 Å². The van der Waals surface area contributed by atoms with Crippen LogP contribution >= 0.6 is 11.3 Å². The Morgan fingerprint density at radius 3 is 2.37 bits per heavy atom. The summed E-state index contributed by atoms with van der Waals surface area (Å²) < 4.78 is 5.19. The van der Waals surface area contributed by atoms with Crippen molar-refractivity contribution in [3.63, 3.8) is 0 Å². The molecule has 0 saturated heterocycles. The molecule has 4 N–H and O–H groups in total. The molecule has 0 radical (unpaired) electrons. The standard InChI is InChI=1S/C26H25N3O5S/c27-24(32)23-18-11-5-7-13-20(18)35-25(23)29-22(31)15-34-26(33)17-10-4-6-12-19(17)28-21(30)14-16-8-2-1-3-9-16/h1-4,6,8-10,12H,5,7,11,13-15H2,(H2,27,32)(H,28,30)(H,29,31). The number of carbonyl (C=O) groups is 4. The molecule has 1 aromatic heterocycles. The Kier molecular flexibility index (Phi) is 7.57. The van der Waals surface area contributed by atoms with E-state index in [-0.39, 0.29) is 17.9 Å². The summed E-state index contributed by atoms with van der Waals surface area (Å²) in [7, 11) is 0. The lowest BCUT2D eigenvalue weighted by atomic mass is 9.95. The van der Waals surface area contributed by atoms with Crippen molar-refractivity contribution in [1.29, 1.82) is 0 Å². The van der Waals surface area contributed by atoms with E-state index >= 15 is 0 Å². The number of amides is 3. The summed E-state index contributed by atoms with van der Waals surface area (Å²) >= 11 is 1.34. The molecule has 4 rings (SSSR count). The normalized spacial score (nSPS) is 12.3. The Labute approximate surface area is 206 Å². The van der Waals surface area contributed by atoms with Gasteiger partial charge in [0, 0.05) is 4.88 Å². The number of primary amides is 1. The molecule has 0 atom stereocenters. The van der Waals surface area contributed by atoms with Crippen molar-refractivity contribution in [2.45, 2.75) is 32.1 Å². The van der Waals surface area contributed by atoms with Crippen LogP contribution in [0.1, 0.15) is 49.6 Å². The largest absolute Gasteiger partial charge is 0.452 e. The molecular formula is C26H25N3O5S. The SMILES string of the molecule is NC(=O)c1c(NC(=O)COC(=O)c2ccccc2NC(=O)Cc2ccccc2)sc2c1CCCC2. The first kappa shape index (κ1) is 24.2. The number of nitrogens with one attached hydrogen (secondary N) is 2. The number of anilines is 2. The number of nitrogens with two attached hydrogens (primary N) is 1. The number of carbonyl (C=O) groups excluding carboxylic acids is 4. The van der Waals surface area contributed by atoms with E-state index in [4.69, 9.17) is 10.5 Å². The summed E-state index contributed by atoms with van der Waals surface area (Å²) in [5.74, 6) is -2.20. The molecule has 0 spiro atoms. The number of aryl methyl sites for hydroxylation is 1. The third-order valence-electron chi connectivity index (χ3n) is 5.63. The quantitative estimate of drug-likeness (QED) is 0.414. The number of fused-ring (bicyclic) bond motifs is 1. The Balaban J connectivity index is 1.38. The van der Waals surface area contributed by atoms with E-state index in [1.807, 2.05) is 30.3 Å². The number of hydrogen-bond acceptors (Lipinski definition) is 6. The van der Waals surface area contributed by atoms with E-state index in [9.17, 15) is 19.2 Å². The number of thiophene rings is 1. The molecule has 1 aliphatic carbocycles. The van der Waals surface area contributed by atoms with E-state index in [2.05, 4.69) is 10.6 Å². The molecule has 3 aromatic rings. The van der Waals surface area contributed by atoms with Gasteiger partial charge in [0.2, 0.25) is 5.91 Å². The van der Waals surface area contributed by atoms with Gasteiger partial charge in [-0.1, -0.05) is 42.5 Å². The van der Waals surface area contributed by atoms with E-state index in [0.717, 1.165) is 41.7 Å². The van der Waals surface area contributed by atoms with Crippen LogP contribution in [0.5, 0.6) is 0 Å². The van der Waals surface area contributed by atoms with E-state index in [1.165, 1.54) is 17.4 Å². The number of benzene rings is 2. The summed E-state index contributed by atoms with van der Waals surface area (Å²) in [6, 6.07) is 15.7. The molecule has 1 aliphatic rings. The number of para-hydroxylation sites is 1. The zero-order chi connectivity index (χ0) is 24.8. The van der Waals surface area contributed by atoms with E-state index < -0.39 is 24.4 Å². The summed E-state index contributed by atoms with van der Waals surface area (Å²) in [4.78, 5) is 50.6. The molecule has 0 aliphatic heterocycles. The minimum Gasteiger partial charge on any atom is -0.452 e. The second kappa shape index (κ2) is 11.0. The van der Waals surface area contributed by atoms with Crippen molar-refractivity contribution in [1.82, 2.24) is 0 Å². The molecule has 3 amide bonds. The minimum atomic E-state index is -0.753. The van der Waals surface area contributed by atoms with Crippen LogP contribution in [0.25, 0.3) is 0 Å². The fourth-order valence-corrected chi connectivity index (χ4v) is 5.34. The first-order valence-electron chi connectivity index (χ1n) is 11.3. The zero-order valence-electron chi connectivity index (χ0n) is 19.0. The molecule has 180 valence electrons. The summed E-state index contributed by atoms with van der Waals surface area (Å²) in [6.07, 6.45) is 3.74. The minimum absolute atomic E-state index is 0.131. The van der Waals surface area contributed by atoms with Crippen LogP contribution in [0.2, 0.25) is 0 Å². The number of rotatable bonds is 8. The van der Waals surface area contributed by atoms with Crippen LogP contribution in [0.4, 0.5) is 10.7 Å². The second-order valence-electron chi connectivity index (χ2n) is 8.16. The van der Waals surface area contributed by atoms with Gasteiger partial charge in [-0.2, -0.15) is 0 Å². The van der Waals surface area contributed by atoms with Gasteiger partial charge >= 0.3 is 5.97 Å². The van der Waals surface area contributed by atoms with Gasteiger partial charge < -0.3 is 21.1 Å². The number of esters is 1. The van der Waals surface area contributed by atoms with Gasteiger partial charge in [0.1, 0.15) is 5.00 Å². The molecule has 0 bridgehead atoms. The average Bonchev–Trinajstić information content (AvgIpc) is 3.21. The van der Waals surface area contributed by atoms with Gasteiger partial charge in [-0.3, -0.25) is 14.4 Å². The molecule has 0 saturated carbocycles. The van der Waals surface area contributed by atoms with Crippen LogP contribution < -0.4 is 16.4 Å². The third kappa shape index (κ3) is 5.93. The maximum Gasteiger partial charge on any atom is 0.340 e. The lowest BCUT2D eigenvalue weighted by Crippen LogP contribution is -2.23. The highest BCUT2D eigenvalue weighted by Crippen LogP contribution is 2.37. The Hall–Kier alpha value is -3.98. The van der Waals surface area contributed by atoms with Crippen molar-refractivity contribution in [2.24, 2.45) is 5.73 Å². The van der Waals surface area contributed by atoms with Crippen molar-refractivity contribution >= 4 is 45.7 Å². The Morgan fingerprint density at radius 1 is 0.886 bits per heavy atom.